The lowest BCUT2D eigenvalue weighted by Crippen LogP contribution is -2.48. The molecule has 0 saturated carbocycles. The van der Waals surface area contributed by atoms with Crippen LogP contribution in [0.15, 0.2) is 42.5 Å². The summed E-state index contributed by atoms with van der Waals surface area (Å²) in [6, 6.07) is 10.7. The minimum absolute atomic E-state index is 0.0707. The van der Waals surface area contributed by atoms with E-state index in [1.807, 2.05) is 4.90 Å². The van der Waals surface area contributed by atoms with E-state index in [0.29, 0.717) is 54.9 Å². The van der Waals surface area contributed by atoms with Crippen LogP contribution in [0, 0.1) is 11.7 Å². The summed E-state index contributed by atoms with van der Waals surface area (Å²) in [4.78, 5) is 31.7. The number of rotatable bonds is 4. The molecule has 3 amide bonds. The molecule has 2 aromatic rings. The predicted octanol–water partition coefficient (Wildman–Crippen LogP) is 5.04. The van der Waals surface area contributed by atoms with Crippen LogP contribution in [0.1, 0.15) is 24.3 Å². The number of likely N-dealkylation sites (tertiary alicyclic amines) is 1. The number of halogens is 3. The lowest BCUT2D eigenvalue weighted by Gasteiger charge is -2.33. The van der Waals surface area contributed by atoms with E-state index in [-0.39, 0.29) is 35.6 Å². The molecule has 2 aliphatic heterocycles. The molecule has 4 rings (SSSR count). The van der Waals surface area contributed by atoms with Crippen molar-refractivity contribution in [1.82, 2.24) is 9.80 Å². The van der Waals surface area contributed by atoms with Crippen LogP contribution in [0.5, 0.6) is 0 Å². The van der Waals surface area contributed by atoms with Crippen molar-refractivity contribution >= 4 is 40.8 Å². The molecule has 2 aromatic carbocycles. The van der Waals surface area contributed by atoms with E-state index in [2.05, 4.69) is 0 Å². The van der Waals surface area contributed by atoms with Gasteiger partial charge >= 0.3 is 6.03 Å². The molecule has 0 radical (unpaired) electrons. The van der Waals surface area contributed by atoms with Gasteiger partial charge in [0.05, 0.1) is 6.04 Å². The van der Waals surface area contributed by atoms with Gasteiger partial charge in [0.15, 0.2) is 0 Å². The quantitative estimate of drug-likeness (QED) is 0.582. The lowest BCUT2D eigenvalue weighted by molar-refractivity contribution is -0.137. The van der Waals surface area contributed by atoms with Gasteiger partial charge in [-0.2, -0.15) is 0 Å². The Balaban J connectivity index is 1.58. The summed E-state index contributed by atoms with van der Waals surface area (Å²) < 4.78 is 19.0. The zero-order valence-corrected chi connectivity index (χ0v) is 20.7. The second-order valence-corrected chi connectivity index (χ2v) is 9.81. The van der Waals surface area contributed by atoms with Gasteiger partial charge in [-0.25, -0.2) is 9.18 Å². The van der Waals surface area contributed by atoms with Crippen LogP contribution in [-0.4, -0.2) is 68.2 Å². The fourth-order valence-electron chi connectivity index (χ4n) is 4.82. The molecule has 0 aromatic heterocycles. The Morgan fingerprint density at radius 3 is 2.24 bits per heavy atom. The number of benzene rings is 2. The van der Waals surface area contributed by atoms with E-state index in [1.165, 1.54) is 17.0 Å². The van der Waals surface area contributed by atoms with Gasteiger partial charge in [-0.1, -0.05) is 35.3 Å². The van der Waals surface area contributed by atoms with E-state index >= 15 is 0 Å². The number of carbonyl (C=O) groups excluding carboxylic acids is 2. The molecule has 0 spiro atoms. The molecule has 0 aliphatic carbocycles. The fourth-order valence-corrected chi connectivity index (χ4v) is 5.34. The summed E-state index contributed by atoms with van der Waals surface area (Å²) in [5.41, 5.74) is 1.46. The van der Waals surface area contributed by atoms with Gasteiger partial charge in [0.25, 0.3) is 0 Å². The number of anilines is 1. The van der Waals surface area contributed by atoms with Crippen LogP contribution < -0.4 is 4.90 Å². The number of hydrogen-bond acceptors (Lipinski definition) is 3. The second-order valence-electron chi connectivity index (χ2n) is 8.94. The number of likely N-dealkylation sites (N-methyl/N-ethyl adjacent to an activating group) is 1. The van der Waals surface area contributed by atoms with Gasteiger partial charge in [0.2, 0.25) is 5.91 Å². The number of urea groups is 1. The van der Waals surface area contributed by atoms with Crippen molar-refractivity contribution in [1.29, 1.82) is 0 Å². The van der Waals surface area contributed by atoms with Gasteiger partial charge in [-0.15, -0.1) is 0 Å². The zero-order valence-electron chi connectivity index (χ0n) is 19.2. The van der Waals surface area contributed by atoms with Crippen molar-refractivity contribution in [3.63, 3.8) is 0 Å². The maximum absolute atomic E-state index is 13.6. The van der Waals surface area contributed by atoms with E-state index < -0.39 is 0 Å². The van der Waals surface area contributed by atoms with Crippen LogP contribution in [0.3, 0.4) is 0 Å². The minimum atomic E-state index is -0.324. The number of hydrogen-bond donors (Lipinski definition) is 0. The predicted molar refractivity (Wildman–Crippen MR) is 131 cm³/mol. The molecule has 6 nitrogen and oxygen atoms in total. The minimum Gasteiger partial charge on any atom is -0.381 e. The highest BCUT2D eigenvalue weighted by Gasteiger charge is 2.42. The smallest absolute Gasteiger partial charge is 0.324 e. The third-order valence-electron chi connectivity index (χ3n) is 6.79. The first-order chi connectivity index (χ1) is 16.2. The van der Waals surface area contributed by atoms with E-state index in [1.54, 1.807) is 49.3 Å². The first-order valence-electron chi connectivity index (χ1n) is 11.3. The first kappa shape index (κ1) is 24.8. The maximum atomic E-state index is 13.6. The summed E-state index contributed by atoms with van der Waals surface area (Å²) in [6.07, 6.45) is 1.41. The highest BCUT2D eigenvalue weighted by Crippen LogP contribution is 2.34. The average molecular weight is 508 g/mol. The molecule has 9 heteroatoms. The van der Waals surface area contributed by atoms with E-state index in [4.69, 9.17) is 27.9 Å². The number of amides is 3. The normalized spacial score (nSPS) is 20.9. The molecule has 2 aliphatic rings. The molecule has 182 valence electrons. The second kappa shape index (κ2) is 10.5. The van der Waals surface area contributed by atoms with Gasteiger partial charge in [0, 0.05) is 68.0 Å². The first-order valence-corrected chi connectivity index (χ1v) is 12.1. The highest BCUT2D eigenvalue weighted by atomic mass is 35.5. The molecule has 2 heterocycles. The molecule has 0 bridgehead atoms. The highest BCUT2D eigenvalue weighted by molar-refractivity contribution is 6.35. The molecule has 2 saturated heterocycles. The van der Waals surface area contributed by atoms with Crippen molar-refractivity contribution in [2.75, 3.05) is 45.3 Å². The Hall–Kier alpha value is -2.35. The van der Waals surface area contributed by atoms with Crippen LogP contribution in [0.4, 0.5) is 14.9 Å². The molecule has 0 unspecified atom stereocenters. The van der Waals surface area contributed by atoms with Crippen LogP contribution >= 0.6 is 23.2 Å². The van der Waals surface area contributed by atoms with Gasteiger partial charge in [-0.05, 0) is 48.7 Å². The Morgan fingerprint density at radius 1 is 1.00 bits per heavy atom. The third kappa shape index (κ3) is 5.32. The largest absolute Gasteiger partial charge is 0.381 e. The molecular formula is C25H28Cl2FN3O3. The van der Waals surface area contributed by atoms with Gasteiger partial charge < -0.3 is 14.5 Å². The number of ether oxygens (including phenoxy) is 1. The molecule has 0 N–H and O–H groups in total. The van der Waals surface area contributed by atoms with E-state index in [0.717, 1.165) is 5.56 Å². The third-order valence-corrected chi connectivity index (χ3v) is 7.23. The number of nitrogens with zero attached hydrogens (tertiary/aromatic N) is 3. The fraction of sp³-hybridized carbons (Fsp3) is 0.440. The molecule has 2 fully saturated rings. The zero-order chi connectivity index (χ0) is 24.4. The van der Waals surface area contributed by atoms with Gasteiger partial charge in [-0.3, -0.25) is 9.69 Å². The van der Waals surface area contributed by atoms with E-state index in [9.17, 15) is 14.0 Å². The Kier molecular flexibility index (Phi) is 7.65. The van der Waals surface area contributed by atoms with Crippen LogP contribution in [0.25, 0.3) is 0 Å². The Bertz CT molecular complexity index is 1030. The summed E-state index contributed by atoms with van der Waals surface area (Å²) in [5, 5.41) is 0.867. The monoisotopic (exact) mass is 507 g/mol. The van der Waals surface area contributed by atoms with Crippen LogP contribution in [-0.2, 0) is 9.53 Å². The van der Waals surface area contributed by atoms with Gasteiger partial charge in [0.1, 0.15) is 5.82 Å². The van der Waals surface area contributed by atoms with Crippen molar-refractivity contribution in [2.45, 2.75) is 24.8 Å². The summed E-state index contributed by atoms with van der Waals surface area (Å²) in [7, 11) is 3.39. The van der Waals surface area contributed by atoms with Crippen molar-refractivity contribution in [3.05, 3.63) is 63.9 Å². The molecule has 2 atom stereocenters. The summed E-state index contributed by atoms with van der Waals surface area (Å²) in [5.74, 6) is -0.447. The topological polar surface area (TPSA) is 53.1 Å². The van der Waals surface area contributed by atoms with Crippen molar-refractivity contribution in [3.8, 4) is 0 Å². The standard InChI is InChI=1S/C25H28Cl2FN3O3/c1-29(21-12-18(26)11-19(27)13-21)25(33)30(2)23-15-31(24(32)17-7-9-34-10-8-17)14-22(23)16-3-5-20(28)6-4-16/h3-6,11-13,17,22-23H,7-10,14-15H2,1-2H3/t22-,23+/m0/s1. The number of carbonyl (C=O) groups is 2. The van der Waals surface area contributed by atoms with Crippen molar-refractivity contribution < 1.29 is 18.7 Å². The Morgan fingerprint density at radius 2 is 1.62 bits per heavy atom. The summed E-state index contributed by atoms with van der Waals surface area (Å²) >= 11 is 12.3. The van der Waals surface area contributed by atoms with Crippen LogP contribution in [0.2, 0.25) is 10.0 Å². The molecular weight excluding hydrogens is 480 g/mol. The summed E-state index contributed by atoms with van der Waals surface area (Å²) in [6.45, 7) is 2.04. The SMILES string of the molecule is CN(C(=O)N(C)[C@@H]1CN(C(=O)C2CCOCC2)C[C@H]1c1ccc(F)cc1)c1cc(Cl)cc(Cl)c1. The molecule has 34 heavy (non-hydrogen) atoms. The lowest BCUT2D eigenvalue weighted by atomic mass is 9.93. The average Bonchev–Trinajstić information content (AvgIpc) is 3.28. The Labute approximate surface area is 209 Å². The van der Waals surface area contributed by atoms with Crippen molar-refractivity contribution in [2.24, 2.45) is 5.92 Å². The maximum Gasteiger partial charge on any atom is 0.324 e.